The normalized spacial score (nSPS) is 11.2. The number of carbonyl (C=O) groups excluding carboxylic acids is 2. The molecule has 10 heteroatoms. The van der Waals surface area contributed by atoms with Gasteiger partial charge in [0.2, 0.25) is 0 Å². The molecule has 0 bridgehead atoms. The zero-order chi connectivity index (χ0) is 15.5. The van der Waals surface area contributed by atoms with E-state index in [1.165, 1.54) is 0 Å². The Bertz CT molecular complexity index is 636. The van der Waals surface area contributed by atoms with Gasteiger partial charge in [0.05, 0.1) is 17.0 Å². The zero-order valence-electron chi connectivity index (χ0n) is 10.8. The van der Waals surface area contributed by atoms with Crippen molar-refractivity contribution in [2.24, 2.45) is 11.5 Å². The van der Waals surface area contributed by atoms with Gasteiger partial charge in [-0.25, -0.2) is 8.42 Å². The number of nitrogen functional groups attached to an aromatic ring is 1. The quantitative estimate of drug-likeness (QED) is 0.523. The lowest BCUT2D eigenvalue weighted by Gasteiger charge is -2.05. The molecule has 0 aliphatic carbocycles. The molecule has 0 aliphatic rings. The van der Waals surface area contributed by atoms with Gasteiger partial charge in [0.15, 0.2) is 9.84 Å². The number of hydrogen-bond donors (Lipinski definition) is 4. The van der Waals surface area contributed by atoms with Crippen LogP contribution in [0.4, 0.5) is 10.7 Å². The highest BCUT2D eigenvalue weighted by Gasteiger charge is 2.23. The van der Waals surface area contributed by atoms with E-state index < -0.39 is 21.7 Å². The van der Waals surface area contributed by atoms with E-state index in [0.29, 0.717) is 0 Å². The van der Waals surface area contributed by atoms with Crippen LogP contribution in [0.5, 0.6) is 0 Å². The molecule has 0 aromatic carbocycles. The molecule has 0 fully saturated rings. The molecule has 1 aromatic heterocycles. The third-order valence-electron chi connectivity index (χ3n) is 2.55. The first-order valence-electron chi connectivity index (χ1n) is 5.65. The Labute approximate surface area is 120 Å². The SMILES string of the molecule is CCS(=O)(=O)CCNc1sc(C(N)=O)c(N)c1C(N)=O. The Hall–Kier alpha value is -1.81. The number of nitrogens with one attached hydrogen (secondary N) is 1. The van der Waals surface area contributed by atoms with Crippen molar-refractivity contribution in [2.45, 2.75) is 6.92 Å². The third-order valence-corrected chi connectivity index (χ3v) is 5.44. The van der Waals surface area contributed by atoms with Gasteiger partial charge in [-0.2, -0.15) is 0 Å². The van der Waals surface area contributed by atoms with Crippen LogP contribution in [0.3, 0.4) is 0 Å². The minimum atomic E-state index is -3.14. The topological polar surface area (TPSA) is 158 Å². The number of anilines is 2. The molecule has 0 saturated carbocycles. The highest BCUT2D eigenvalue weighted by molar-refractivity contribution is 7.91. The van der Waals surface area contributed by atoms with Gasteiger partial charge in [0, 0.05) is 12.3 Å². The first-order chi connectivity index (χ1) is 9.19. The lowest BCUT2D eigenvalue weighted by Crippen LogP contribution is -2.19. The van der Waals surface area contributed by atoms with E-state index in [4.69, 9.17) is 17.2 Å². The van der Waals surface area contributed by atoms with E-state index in [1.807, 2.05) is 0 Å². The van der Waals surface area contributed by atoms with Crippen LogP contribution in [0.1, 0.15) is 27.0 Å². The highest BCUT2D eigenvalue weighted by Crippen LogP contribution is 2.34. The summed E-state index contributed by atoms with van der Waals surface area (Å²) in [6, 6.07) is 0. The maximum atomic E-state index is 11.4. The fourth-order valence-corrected chi connectivity index (χ4v) is 3.17. The van der Waals surface area contributed by atoms with Crippen LogP contribution in [0, 0.1) is 0 Å². The first kappa shape index (κ1) is 16.2. The van der Waals surface area contributed by atoms with Crippen molar-refractivity contribution in [3.05, 3.63) is 10.4 Å². The lowest BCUT2D eigenvalue weighted by molar-refractivity contribution is 0.0999. The molecule has 0 atom stereocenters. The van der Waals surface area contributed by atoms with Crippen LogP contribution in [-0.2, 0) is 9.84 Å². The lowest BCUT2D eigenvalue weighted by atomic mass is 10.2. The molecule has 7 N–H and O–H groups in total. The molecule has 8 nitrogen and oxygen atoms in total. The molecule has 1 heterocycles. The van der Waals surface area contributed by atoms with Gasteiger partial charge in [-0.1, -0.05) is 6.92 Å². The number of sulfone groups is 1. The molecule has 0 saturated heterocycles. The van der Waals surface area contributed by atoms with Gasteiger partial charge >= 0.3 is 0 Å². The summed E-state index contributed by atoms with van der Waals surface area (Å²) in [5.41, 5.74) is 15.8. The Balaban J connectivity index is 2.98. The van der Waals surface area contributed by atoms with Gasteiger partial charge in [-0.15, -0.1) is 11.3 Å². The Morgan fingerprint density at radius 3 is 2.30 bits per heavy atom. The van der Waals surface area contributed by atoms with Crippen LogP contribution in [0.15, 0.2) is 0 Å². The van der Waals surface area contributed by atoms with E-state index in [-0.39, 0.29) is 39.2 Å². The van der Waals surface area contributed by atoms with Crippen molar-refractivity contribution in [1.29, 1.82) is 0 Å². The molecule has 2 amide bonds. The average molecular weight is 320 g/mol. The third kappa shape index (κ3) is 3.61. The first-order valence-corrected chi connectivity index (χ1v) is 8.29. The minimum Gasteiger partial charge on any atom is -0.397 e. The number of amides is 2. The monoisotopic (exact) mass is 320 g/mol. The van der Waals surface area contributed by atoms with Gasteiger partial charge in [-0.3, -0.25) is 9.59 Å². The van der Waals surface area contributed by atoms with Crippen LogP contribution >= 0.6 is 11.3 Å². The minimum absolute atomic E-state index is 0.0136. The number of nitrogens with two attached hydrogens (primary N) is 3. The van der Waals surface area contributed by atoms with Gasteiger partial charge in [-0.05, 0) is 0 Å². The highest BCUT2D eigenvalue weighted by atomic mass is 32.2. The summed E-state index contributed by atoms with van der Waals surface area (Å²) in [6.45, 7) is 1.62. The van der Waals surface area contributed by atoms with E-state index in [0.717, 1.165) is 11.3 Å². The average Bonchev–Trinajstić information content (AvgIpc) is 2.66. The molecular weight excluding hydrogens is 304 g/mol. The van der Waals surface area contributed by atoms with E-state index in [9.17, 15) is 18.0 Å². The van der Waals surface area contributed by atoms with E-state index in [1.54, 1.807) is 6.92 Å². The van der Waals surface area contributed by atoms with Crippen molar-refractivity contribution in [3.8, 4) is 0 Å². The predicted octanol–water partition coefficient (Wildman–Crippen LogP) is -0.625. The Kier molecular flexibility index (Phi) is 4.95. The molecule has 0 unspecified atom stereocenters. The number of rotatable bonds is 7. The molecule has 0 aliphatic heterocycles. The van der Waals surface area contributed by atoms with Crippen molar-refractivity contribution in [3.63, 3.8) is 0 Å². The zero-order valence-corrected chi connectivity index (χ0v) is 12.4. The van der Waals surface area contributed by atoms with Crippen LogP contribution < -0.4 is 22.5 Å². The van der Waals surface area contributed by atoms with E-state index in [2.05, 4.69) is 5.32 Å². The maximum Gasteiger partial charge on any atom is 0.260 e. The molecule has 112 valence electrons. The number of primary amides is 2. The molecular formula is C10H16N4O4S2. The van der Waals surface area contributed by atoms with Crippen molar-refractivity contribution in [1.82, 2.24) is 0 Å². The number of carbonyl (C=O) groups is 2. The van der Waals surface area contributed by atoms with Crippen molar-refractivity contribution in [2.75, 3.05) is 29.1 Å². The van der Waals surface area contributed by atoms with Gasteiger partial charge < -0.3 is 22.5 Å². The molecule has 20 heavy (non-hydrogen) atoms. The summed E-state index contributed by atoms with van der Waals surface area (Å²) >= 11 is 0.874. The van der Waals surface area contributed by atoms with Crippen molar-refractivity contribution >= 4 is 43.7 Å². The maximum absolute atomic E-state index is 11.4. The summed E-state index contributed by atoms with van der Waals surface area (Å²) in [5.74, 6) is -1.67. The Morgan fingerprint density at radius 1 is 1.25 bits per heavy atom. The number of hydrogen-bond acceptors (Lipinski definition) is 7. The van der Waals surface area contributed by atoms with Crippen LogP contribution in [0.2, 0.25) is 0 Å². The second-order valence-electron chi connectivity index (χ2n) is 3.94. The molecule has 1 aromatic rings. The Morgan fingerprint density at radius 2 is 1.85 bits per heavy atom. The second-order valence-corrected chi connectivity index (χ2v) is 7.43. The fourth-order valence-electron chi connectivity index (χ4n) is 1.46. The summed E-state index contributed by atoms with van der Waals surface area (Å²) in [7, 11) is -3.14. The van der Waals surface area contributed by atoms with Gasteiger partial charge in [0.25, 0.3) is 11.8 Å². The van der Waals surface area contributed by atoms with Crippen molar-refractivity contribution < 1.29 is 18.0 Å². The van der Waals surface area contributed by atoms with Crippen LogP contribution in [-0.4, -0.2) is 38.3 Å². The number of thiophene rings is 1. The molecule has 0 spiro atoms. The van der Waals surface area contributed by atoms with E-state index >= 15 is 0 Å². The van der Waals surface area contributed by atoms with Crippen LogP contribution in [0.25, 0.3) is 0 Å². The standard InChI is InChI=1S/C10H16N4O4S2/c1-2-20(17,18)4-3-14-10-5(8(12)15)6(11)7(19-10)9(13)16/h14H,2-4,11H2,1H3,(H2,12,15)(H2,13,16). The smallest absolute Gasteiger partial charge is 0.260 e. The molecule has 1 rings (SSSR count). The summed E-state index contributed by atoms with van der Waals surface area (Å²) in [6.07, 6.45) is 0. The van der Waals surface area contributed by atoms with Gasteiger partial charge in [0.1, 0.15) is 9.88 Å². The largest absolute Gasteiger partial charge is 0.397 e. The summed E-state index contributed by atoms with van der Waals surface area (Å²) in [4.78, 5) is 22.5. The molecule has 0 radical (unpaired) electrons. The predicted molar refractivity (Wildman–Crippen MR) is 78.6 cm³/mol. The second kappa shape index (κ2) is 6.09. The fraction of sp³-hybridized carbons (Fsp3) is 0.400. The summed E-state index contributed by atoms with van der Waals surface area (Å²) < 4.78 is 22.7. The summed E-state index contributed by atoms with van der Waals surface area (Å²) in [5, 5.41) is 3.00.